The Bertz CT molecular complexity index is 531. The SMILES string of the molecule is C#CCOc1nc(C#N)c(C#N)nc1CCC. The fourth-order valence-corrected chi connectivity index (χ4v) is 1.24. The lowest BCUT2D eigenvalue weighted by atomic mass is 10.2. The van der Waals surface area contributed by atoms with Gasteiger partial charge in [-0.3, -0.25) is 0 Å². The molecule has 1 heterocycles. The molecule has 0 spiro atoms. The highest BCUT2D eigenvalue weighted by Crippen LogP contribution is 2.17. The van der Waals surface area contributed by atoms with Crippen LogP contribution in [0.25, 0.3) is 0 Å². The van der Waals surface area contributed by atoms with Crippen LogP contribution in [0.1, 0.15) is 30.4 Å². The van der Waals surface area contributed by atoms with Crippen molar-refractivity contribution in [1.29, 1.82) is 10.5 Å². The first kappa shape index (κ1) is 12.5. The van der Waals surface area contributed by atoms with Crippen molar-refractivity contribution in [3.05, 3.63) is 17.1 Å². The van der Waals surface area contributed by atoms with Gasteiger partial charge in [0, 0.05) is 0 Å². The summed E-state index contributed by atoms with van der Waals surface area (Å²) >= 11 is 0. The van der Waals surface area contributed by atoms with Gasteiger partial charge in [-0.05, 0) is 6.42 Å². The fourth-order valence-electron chi connectivity index (χ4n) is 1.24. The van der Waals surface area contributed by atoms with Crippen molar-refractivity contribution in [2.75, 3.05) is 6.61 Å². The second-order valence-electron chi connectivity index (χ2n) is 3.14. The lowest BCUT2D eigenvalue weighted by Crippen LogP contribution is -2.07. The summed E-state index contributed by atoms with van der Waals surface area (Å²) < 4.78 is 5.21. The average Bonchev–Trinajstić information content (AvgIpc) is 2.37. The Balaban J connectivity index is 3.22. The maximum atomic E-state index is 8.83. The standard InChI is InChI=1S/C12H10N4O/c1-3-5-9-12(17-6-4-2)16-11(8-14)10(7-13)15-9/h2H,3,5-6H2,1H3. The average molecular weight is 226 g/mol. The molecule has 0 aliphatic heterocycles. The third kappa shape index (κ3) is 2.93. The highest BCUT2D eigenvalue weighted by Gasteiger charge is 2.13. The first-order valence-corrected chi connectivity index (χ1v) is 5.04. The topological polar surface area (TPSA) is 82.6 Å². The summed E-state index contributed by atoms with van der Waals surface area (Å²) in [6.45, 7) is 2.03. The van der Waals surface area contributed by atoms with Crippen LogP contribution < -0.4 is 4.74 Å². The molecule has 0 aliphatic carbocycles. The summed E-state index contributed by atoms with van der Waals surface area (Å²) in [5.74, 6) is 2.55. The Hall–Kier alpha value is -2.58. The smallest absolute Gasteiger partial charge is 0.237 e. The van der Waals surface area contributed by atoms with Crippen molar-refractivity contribution in [3.63, 3.8) is 0 Å². The molecule has 0 aliphatic rings. The summed E-state index contributed by atoms with van der Waals surface area (Å²) in [6, 6.07) is 3.64. The predicted octanol–water partition coefficient (Wildman–Crippen LogP) is 1.18. The van der Waals surface area contributed by atoms with Gasteiger partial charge in [0.1, 0.15) is 17.8 Å². The number of aromatic nitrogens is 2. The number of hydrogen-bond acceptors (Lipinski definition) is 5. The maximum Gasteiger partial charge on any atom is 0.237 e. The first-order valence-electron chi connectivity index (χ1n) is 5.04. The van der Waals surface area contributed by atoms with Crippen LogP contribution in [0.2, 0.25) is 0 Å². The minimum Gasteiger partial charge on any atom is -0.463 e. The van der Waals surface area contributed by atoms with Gasteiger partial charge in [0.15, 0.2) is 18.0 Å². The summed E-state index contributed by atoms with van der Waals surface area (Å²) in [7, 11) is 0. The molecule has 84 valence electrons. The molecule has 0 saturated heterocycles. The van der Waals surface area contributed by atoms with Crippen LogP contribution in [0.15, 0.2) is 0 Å². The van der Waals surface area contributed by atoms with Gasteiger partial charge < -0.3 is 4.74 Å². The van der Waals surface area contributed by atoms with E-state index < -0.39 is 0 Å². The Kier molecular flexibility index (Phi) is 4.48. The number of nitrogens with zero attached hydrogens (tertiary/aromatic N) is 4. The van der Waals surface area contributed by atoms with Crippen LogP contribution >= 0.6 is 0 Å². The molecule has 1 aromatic heterocycles. The molecule has 0 atom stereocenters. The lowest BCUT2D eigenvalue weighted by molar-refractivity contribution is 0.347. The zero-order chi connectivity index (χ0) is 12.7. The normalized spacial score (nSPS) is 8.82. The van der Waals surface area contributed by atoms with Gasteiger partial charge in [-0.25, -0.2) is 4.98 Å². The zero-order valence-corrected chi connectivity index (χ0v) is 9.40. The molecule has 0 saturated carbocycles. The monoisotopic (exact) mass is 226 g/mol. The van der Waals surface area contributed by atoms with Gasteiger partial charge in [-0.2, -0.15) is 15.5 Å². The van der Waals surface area contributed by atoms with E-state index in [0.29, 0.717) is 12.1 Å². The molecule has 0 bridgehead atoms. The fraction of sp³-hybridized carbons (Fsp3) is 0.333. The molecule has 0 radical (unpaired) electrons. The van der Waals surface area contributed by atoms with Gasteiger partial charge in [-0.1, -0.05) is 19.3 Å². The van der Waals surface area contributed by atoms with Gasteiger partial charge in [-0.15, -0.1) is 6.42 Å². The van der Waals surface area contributed by atoms with Crippen LogP contribution in [-0.2, 0) is 6.42 Å². The van der Waals surface area contributed by atoms with Crippen molar-refractivity contribution in [3.8, 4) is 30.4 Å². The molecule has 0 amide bonds. The van der Waals surface area contributed by atoms with Crippen molar-refractivity contribution in [1.82, 2.24) is 9.97 Å². The Morgan fingerprint density at radius 1 is 1.24 bits per heavy atom. The number of nitriles is 2. The Morgan fingerprint density at radius 2 is 1.88 bits per heavy atom. The second-order valence-corrected chi connectivity index (χ2v) is 3.14. The van der Waals surface area contributed by atoms with Gasteiger partial charge >= 0.3 is 0 Å². The van der Waals surface area contributed by atoms with Crippen LogP contribution in [-0.4, -0.2) is 16.6 Å². The number of rotatable bonds is 4. The van der Waals surface area contributed by atoms with E-state index in [1.165, 1.54) is 0 Å². The summed E-state index contributed by atoms with van der Waals surface area (Å²) in [5.41, 5.74) is 0.529. The predicted molar refractivity (Wildman–Crippen MR) is 59.8 cm³/mol. The second kappa shape index (κ2) is 6.10. The van der Waals surface area contributed by atoms with Crippen LogP contribution in [0.4, 0.5) is 0 Å². The van der Waals surface area contributed by atoms with Gasteiger partial charge in [0.05, 0.1) is 0 Å². The van der Waals surface area contributed by atoms with Crippen molar-refractivity contribution < 1.29 is 4.74 Å². The molecular weight excluding hydrogens is 216 g/mol. The molecule has 0 fully saturated rings. The molecule has 1 rings (SSSR count). The van der Waals surface area contributed by atoms with Crippen molar-refractivity contribution >= 4 is 0 Å². The molecule has 5 heteroatoms. The number of terminal acetylenes is 1. The maximum absolute atomic E-state index is 8.83. The summed E-state index contributed by atoms with van der Waals surface area (Å²) in [6.07, 6.45) is 6.54. The van der Waals surface area contributed by atoms with E-state index in [2.05, 4.69) is 15.9 Å². The Labute approximate surface area is 99.7 Å². The van der Waals surface area contributed by atoms with Crippen molar-refractivity contribution in [2.24, 2.45) is 0 Å². The third-order valence-corrected chi connectivity index (χ3v) is 1.92. The van der Waals surface area contributed by atoms with E-state index in [-0.39, 0.29) is 23.9 Å². The number of hydrogen-bond donors (Lipinski definition) is 0. The minimum atomic E-state index is -0.0422. The van der Waals surface area contributed by atoms with Gasteiger partial charge in [0.2, 0.25) is 5.88 Å². The molecule has 0 N–H and O–H groups in total. The van der Waals surface area contributed by atoms with E-state index in [0.717, 1.165) is 6.42 Å². The molecule has 0 unspecified atom stereocenters. The number of aryl methyl sites for hydroxylation is 1. The highest BCUT2D eigenvalue weighted by atomic mass is 16.5. The van der Waals surface area contributed by atoms with Gasteiger partial charge in [0.25, 0.3) is 0 Å². The highest BCUT2D eigenvalue weighted by molar-refractivity contribution is 5.39. The molecule has 1 aromatic rings. The third-order valence-electron chi connectivity index (χ3n) is 1.92. The Morgan fingerprint density at radius 3 is 2.41 bits per heavy atom. The molecule has 0 aromatic carbocycles. The van der Waals surface area contributed by atoms with Crippen LogP contribution in [0.5, 0.6) is 5.88 Å². The molecule has 5 nitrogen and oxygen atoms in total. The minimum absolute atomic E-state index is 0.0176. The van der Waals surface area contributed by atoms with E-state index in [1.54, 1.807) is 6.07 Å². The zero-order valence-electron chi connectivity index (χ0n) is 9.40. The quantitative estimate of drug-likeness (QED) is 0.720. The van der Waals surface area contributed by atoms with Crippen molar-refractivity contribution in [2.45, 2.75) is 19.8 Å². The largest absolute Gasteiger partial charge is 0.463 e. The van der Waals surface area contributed by atoms with E-state index in [1.807, 2.05) is 13.0 Å². The summed E-state index contributed by atoms with van der Waals surface area (Å²) in [4.78, 5) is 8.02. The number of ether oxygens (including phenoxy) is 1. The summed E-state index contributed by atoms with van der Waals surface area (Å²) in [5, 5.41) is 17.7. The first-order chi connectivity index (χ1) is 8.26. The van der Waals surface area contributed by atoms with Crippen LogP contribution in [0, 0.1) is 35.0 Å². The van der Waals surface area contributed by atoms with E-state index >= 15 is 0 Å². The van der Waals surface area contributed by atoms with Crippen LogP contribution in [0.3, 0.4) is 0 Å². The van der Waals surface area contributed by atoms with E-state index in [9.17, 15) is 0 Å². The molecular formula is C12H10N4O. The lowest BCUT2D eigenvalue weighted by Gasteiger charge is -2.07. The van der Waals surface area contributed by atoms with E-state index in [4.69, 9.17) is 21.7 Å². The molecule has 17 heavy (non-hydrogen) atoms.